The molecular weight excluding hydrogens is 1450 g/mol. The maximum Gasteiger partial charge on any atom is 0.245 e. The second-order valence-electron chi connectivity index (χ2n) is 29.7. The number of hydrogen-bond acceptors (Lipinski definition) is 24. The quantitative estimate of drug-likeness (QED) is 0.00674. The molecule has 0 aromatic rings. The number of aliphatic hydroxyl groups excluding tert-OH is 1. The van der Waals surface area contributed by atoms with E-state index in [1.165, 1.54) is 18.7 Å². The van der Waals surface area contributed by atoms with Crippen LogP contribution in [0.3, 0.4) is 0 Å². The fourth-order valence-corrected chi connectivity index (χ4v) is 7.86. The van der Waals surface area contributed by atoms with Gasteiger partial charge < -0.3 is 115 Å². The minimum Gasteiger partial charge on any atom is -0.447 e. The Morgan fingerprint density at radius 1 is 0.551 bits per heavy atom. The molecular formula is C67H135N15O12S2Y2-4. The van der Waals surface area contributed by atoms with Crippen molar-refractivity contribution in [1.29, 1.82) is 0 Å². The Balaban J connectivity index is -0.000000177. The minimum absolute atomic E-state index is 0. The van der Waals surface area contributed by atoms with E-state index in [1.807, 2.05) is 82.6 Å². The van der Waals surface area contributed by atoms with Gasteiger partial charge in [0.1, 0.15) is 12.1 Å². The number of rotatable bonds is 34. The van der Waals surface area contributed by atoms with E-state index in [1.54, 1.807) is 100 Å². The van der Waals surface area contributed by atoms with E-state index in [0.29, 0.717) is 47.9 Å². The largest absolute Gasteiger partial charge is 0.447 e. The molecule has 0 fully saturated rings. The van der Waals surface area contributed by atoms with Gasteiger partial charge in [-0.05, 0) is 115 Å². The van der Waals surface area contributed by atoms with Gasteiger partial charge in [0.15, 0.2) is 11.6 Å². The maximum absolute atomic E-state index is 12.7. The molecule has 0 saturated carbocycles. The molecule has 31 heteroatoms. The van der Waals surface area contributed by atoms with Crippen molar-refractivity contribution in [2.45, 2.75) is 226 Å². The number of amides is 5. The van der Waals surface area contributed by atoms with E-state index in [9.17, 15) is 38.7 Å². The van der Waals surface area contributed by atoms with Crippen LogP contribution in [-0.4, -0.2) is 238 Å². The van der Waals surface area contributed by atoms with E-state index < -0.39 is 64.4 Å². The predicted molar refractivity (Wildman–Crippen MR) is 397 cm³/mol. The summed E-state index contributed by atoms with van der Waals surface area (Å²) in [7, 11) is 6.98. The normalized spacial score (nSPS) is 13.7. The molecule has 0 aromatic heterocycles. The summed E-state index contributed by atoms with van der Waals surface area (Å²) in [5, 5.41) is 82.9. The van der Waals surface area contributed by atoms with Gasteiger partial charge >= 0.3 is 0 Å². The van der Waals surface area contributed by atoms with E-state index in [2.05, 4.69) is 129 Å². The first-order valence-electron chi connectivity index (χ1n) is 32.2. The van der Waals surface area contributed by atoms with Crippen LogP contribution >= 0.6 is 24.4 Å². The van der Waals surface area contributed by atoms with Gasteiger partial charge in [-0.25, -0.2) is 0 Å². The van der Waals surface area contributed by atoms with Gasteiger partial charge in [-0.3, -0.25) is 33.6 Å². The second kappa shape index (κ2) is 56.6. The number of carbonyl (C=O) groups is 7. The van der Waals surface area contributed by atoms with Crippen molar-refractivity contribution in [3.63, 3.8) is 0 Å². The monoisotopic (exact) mass is 1580 g/mol. The van der Waals surface area contributed by atoms with Crippen LogP contribution in [0.5, 0.6) is 0 Å². The van der Waals surface area contributed by atoms with Crippen LogP contribution in [0.15, 0.2) is 20.6 Å². The number of likely N-dealkylation sites (N-methyl/N-ethyl adjacent to an activating group) is 2. The van der Waals surface area contributed by atoms with Crippen molar-refractivity contribution in [3.8, 4) is 0 Å². The number of hydrogen-bond donors (Lipinski definition) is 15. The Morgan fingerprint density at radius 2 is 0.908 bits per heavy atom. The summed E-state index contributed by atoms with van der Waals surface area (Å²) in [6, 6.07) is -3.37. The number of carbonyl (C=O) groups excluding carboxylic acids is 7. The number of Topliss-reactive ketones (excluding diaryl/α,β-unsaturated/α-hetero) is 2. The van der Waals surface area contributed by atoms with Crippen LogP contribution in [0.1, 0.15) is 180 Å². The van der Waals surface area contributed by atoms with Gasteiger partial charge in [-0.2, -0.15) is 24.5 Å². The molecule has 572 valence electrons. The Kier molecular flexibility index (Phi) is 64.2. The van der Waals surface area contributed by atoms with Crippen molar-refractivity contribution in [2.75, 3.05) is 91.4 Å². The zero-order valence-corrected chi connectivity index (χ0v) is 72.9. The molecule has 2 radical (unpaired) electrons. The van der Waals surface area contributed by atoms with Gasteiger partial charge in [0, 0.05) is 94.7 Å². The maximum atomic E-state index is 12.7. The van der Waals surface area contributed by atoms with E-state index in [4.69, 9.17) is 20.8 Å². The van der Waals surface area contributed by atoms with Crippen molar-refractivity contribution < 1.29 is 125 Å². The molecule has 5 amide bonds. The number of thioether (sulfide) groups is 1. The molecule has 27 nitrogen and oxygen atoms in total. The smallest absolute Gasteiger partial charge is 0.245 e. The summed E-state index contributed by atoms with van der Waals surface area (Å²) in [5.74, 6) is -0.153. The van der Waals surface area contributed by atoms with Gasteiger partial charge in [0.2, 0.25) is 29.5 Å². The number of ketones is 2. The van der Waals surface area contributed by atoms with Gasteiger partial charge in [0.05, 0.1) is 71.4 Å². The van der Waals surface area contributed by atoms with Crippen molar-refractivity contribution in [1.82, 2.24) is 57.7 Å². The van der Waals surface area contributed by atoms with Crippen molar-refractivity contribution >= 4 is 88.8 Å². The molecule has 0 aromatic carbocycles. The molecule has 0 saturated heterocycles. The molecule has 0 aliphatic heterocycles. The molecule has 0 rings (SSSR count). The minimum atomic E-state index is -1.15. The van der Waals surface area contributed by atoms with E-state index in [-0.39, 0.29) is 136 Å². The summed E-state index contributed by atoms with van der Waals surface area (Å²) in [6.45, 7) is 56.6. The van der Waals surface area contributed by atoms with Crippen molar-refractivity contribution in [3.05, 3.63) is 20.3 Å². The van der Waals surface area contributed by atoms with E-state index in [0.717, 1.165) is 19.5 Å². The zero-order chi connectivity index (χ0) is 77.0. The molecule has 0 spiro atoms. The molecule has 0 bridgehead atoms. The Hall–Kier alpha value is -2.80. The first-order valence-corrected chi connectivity index (χ1v) is 34.0. The number of aliphatic hydroxyl groups is 1. The van der Waals surface area contributed by atoms with Crippen molar-refractivity contribution in [2.24, 2.45) is 48.7 Å². The van der Waals surface area contributed by atoms with Crippen LogP contribution in [-0.2, 0) is 99.0 Å². The first-order chi connectivity index (χ1) is 43.5. The van der Waals surface area contributed by atoms with Crippen LogP contribution in [0.25, 0.3) is 0 Å². The molecule has 14 N–H and O–H groups in total. The van der Waals surface area contributed by atoms with Crippen LogP contribution < -0.4 is 47.9 Å². The summed E-state index contributed by atoms with van der Waals surface area (Å²) < 4.78 is 0. The second-order valence-corrected chi connectivity index (χ2v) is 31.1. The zero-order valence-electron chi connectivity index (χ0n) is 65.5. The predicted octanol–water partition coefficient (Wildman–Crippen LogP) is 5.94. The average Bonchev–Trinajstić information content (AvgIpc) is 0.840. The topological polar surface area (TPSA) is 385 Å². The average molecular weight is 1580 g/mol. The Morgan fingerprint density at radius 3 is 1.23 bits per heavy atom. The number of oxime groups is 3. The first kappa shape index (κ1) is 111. The third-order valence-electron chi connectivity index (χ3n) is 13.2. The van der Waals surface area contributed by atoms with Gasteiger partial charge in [-0.15, -0.1) is 24.9 Å². The fourth-order valence-electron chi connectivity index (χ4n) is 6.71. The van der Waals surface area contributed by atoms with Gasteiger partial charge in [0.25, 0.3) is 0 Å². The standard InChI is InChI=1S/C17H32N4O5S.C17H33N3O3S.C13H27N4O2.C12H25N4O2.2C4H9.2Y/c1-11(23)18-10-27-9-13(15(25)17(2,3)4)20-16(26)12(8-22)19-14(24)7-21(5)6;1-16(2,3)13(19-12(21)9-20(7)8)15(23)18-11(10-24)14(22)17(4,5)6;1-10(16-18)12(3,4)14-8-7-9-15-13(5,6)11(2)17-19;1-10(16-18)12(4,5)14-8-6-7-13-11(2,3)9-15-17;2*1-4(2)3;;/h12-13,22H,7-10H2,1-6H3,(H,18,23)(H,19,24)(H,20,26);11,13,24H,9-10H2,1-8H3,(H,18,23)(H,19,21);7,14-15,18-19H,8-9H2,1-6H3;13-14,17-18H,6-8H2,1-5H3;2*4H,1H2,2-3H3;;/q;;4*-1;;/b;;16-10+,17-11+;16-10+;;;;/t12-,13-;;;;;;;/m0......./s1. The molecule has 0 aliphatic rings. The van der Waals surface area contributed by atoms with Crippen LogP contribution in [0, 0.1) is 48.3 Å². The third kappa shape index (κ3) is 60.7. The molecule has 0 aliphatic carbocycles. The third-order valence-corrected chi connectivity index (χ3v) is 14.5. The summed E-state index contributed by atoms with van der Waals surface area (Å²) >= 11 is 5.48. The summed E-state index contributed by atoms with van der Waals surface area (Å²) in [6.07, 6.45) is 5.50. The number of nitrogens with zero attached hydrogens (tertiary/aromatic N) is 6. The Bertz CT molecular complexity index is 2320. The molecule has 2 unspecified atom stereocenters. The SMILES string of the molecule is C/C(=N\O)C(C)(C)NCCCNC(C)(C)[C-]=NO.C/C(=N\O)C(C)(C)NC[CH-]CNC(C)(C)/C(C)=N/O.CC(=O)NCSC[C@H](NC(=O)[C@H](CO)NC(=O)CN(C)C)C(=O)C(C)(C)C.CN(C)CC(=O)NC(C(=O)NC(CS)C(=O)C(C)(C)C)C(C)(C)C.[CH2-]C(C)C.[CH2-]C(C)C.[Y].[Y]. The van der Waals surface area contributed by atoms with Gasteiger partial charge in [-0.1, -0.05) is 125 Å². The molecule has 98 heavy (non-hydrogen) atoms. The summed E-state index contributed by atoms with van der Waals surface area (Å²) in [4.78, 5) is 88.4. The Labute approximate surface area is 652 Å². The van der Waals surface area contributed by atoms with E-state index >= 15 is 0 Å². The summed E-state index contributed by atoms with van der Waals surface area (Å²) in [5.41, 5.74) is -1.27. The number of nitrogens with one attached hydrogen (secondary N) is 9. The fraction of sp³-hybridized carbons (Fsp3) is 0.791. The van der Waals surface area contributed by atoms with Crippen LogP contribution in [0.2, 0.25) is 0 Å². The number of thiol groups is 1. The molecule has 4 atom stereocenters. The van der Waals surface area contributed by atoms with Crippen LogP contribution in [0.4, 0.5) is 0 Å². The molecule has 0 heterocycles.